The highest BCUT2D eigenvalue weighted by atomic mass is 16.3. The van der Waals surface area contributed by atoms with E-state index < -0.39 is 23.2 Å². The minimum Gasteiger partial charge on any atom is -0.504 e. The summed E-state index contributed by atoms with van der Waals surface area (Å²) in [6.45, 7) is 5.60. The van der Waals surface area contributed by atoms with Gasteiger partial charge in [0.25, 0.3) is 5.91 Å². The average Bonchev–Trinajstić information content (AvgIpc) is 3.06. The lowest BCUT2D eigenvalue weighted by atomic mass is 10.1. The van der Waals surface area contributed by atoms with E-state index in [1.54, 1.807) is 9.80 Å². The third kappa shape index (κ3) is 3.69. The fourth-order valence-corrected chi connectivity index (χ4v) is 3.69. The molecular weight excluding hydrogens is 366 g/mol. The van der Waals surface area contributed by atoms with E-state index in [1.165, 1.54) is 4.90 Å². The van der Waals surface area contributed by atoms with Gasteiger partial charge in [-0.15, -0.1) is 0 Å². The number of carbonyl (C=O) groups excluding carboxylic acids is 3. The molecule has 0 aromatic heterocycles. The lowest BCUT2D eigenvalue weighted by Crippen LogP contribution is -2.52. The van der Waals surface area contributed by atoms with Crippen LogP contribution in [0.1, 0.15) is 30.6 Å². The van der Waals surface area contributed by atoms with Crippen LogP contribution in [0.4, 0.5) is 0 Å². The van der Waals surface area contributed by atoms with Crippen molar-refractivity contribution in [3.8, 4) is 17.2 Å². The van der Waals surface area contributed by atoms with E-state index in [9.17, 15) is 29.7 Å². The molecule has 0 bridgehead atoms. The van der Waals surface area contributed by atoms with Gasteiger partial charge in [0, 0.05) is 50.7 Å². The number of piperazine rings is 1. The Labute approximate surface area is 162 Å². The van der Waals surface area contributed by atoms with Crippen LogP contribution in [0.15, 0.2) is 12.1 Å². The van der Waals surface area contributed by atoms with Gasteiger partial charge in [0.1, 0.15) is 0 Å². The molecule has 2 fully saturated rings. The maximum absolute atomic E-state index is 12.7. The van der Waals surface area contributed by atoms with Gasteiger partial charge in [-0.25, -0.2) is 0 Å². The third-order valence-corrected chi connectivity index (χ3v) is 5.33. The van der Waals surface area contributed by atoms with E-state index in [2.05, 4.69) is 0 Å². The second-order valence-electron chi connectivity index (χ2n) is 7.52. The van der Waals surface area contributed by atoms with Crippen molar-refractivity contribution in [2.45, 2.75) is 26.3 Å². The summed E-state index contributed by atoms with van der Waals surface area (Å²) in [6.07, 6.45) is 0.224. The Bertz CT molecular complexity index is 778. The monoisotopic (exact) mass is 391 g/mol. The Morgan fingerprint density at radius 3 is 2.04 bits per heavy atom. The van der Waals surface area contributed by atoms with Gasteiger partial charge in [0.2, 0.25) is 11.8 Å². The fourth-order valence-electron chi connectivity index (χ4n) is 3.69. The van der Waals surface area contributed by atoms with Crippen molar-refractivity contribution in [3.05, 3.63) is 17.7 Å². The highest BCUT2D eigenvalue weighted by Crippen LogP contribution is 2.35. The fraction of sp³-hybridized carbons (Fsp3) is 0.526. The van der Waals surface area contributed by atoms with Gasteiger partial charge in [-0.05, 0) is 26.0 Å². The summed E-state index contributed by atoms with van der Waals surface area (Å²) in [4.78, 5) is 42.3. The number of rotatable bonds is 3. The van der Waals surface area contributed by atoms with E-state index in [0.717, 1.165) is 12.1 Å². The first kappa shape index (κ1) is 19.8. The maximum Gasteiger partial charge on any atom is 0.254 e. The topological polar surface area (TPSA) is 122 Å². The molecule has 2 aliphatic rings. The predicted molar refractivity (Wildman–Crippen MR) is 98.9 cm³/mol. The van der Waals surface area contributed by atoms with Gasteiger partial charge >= 0.3 is 0 Å². The number of phenolic OH excluding ortho intramolecular Hbond substituents is 3. The van der Waals surface area contributed by atoms with Crippen LogP contribution >= 0.6 is 0 Å². The SMILES string of the molecule is CC(C)N1CC(C(=O)N2CCN(C(=O)c3cc(O)c(O)c(O)c3)CC2)CC1=O. The molecule has 1 unspecified atom stereocenters. The average molecular weight is 391 g/mol. The van der Waals surface area contributed by atoms with E-state index in [1.807, 2.05) is 13.8 Å². The number of hydrogen-bond acceptors (Lipinski definition) is 6. The molecule has 152 valence electrons. The van der Waals surface area contributed by atoms with Crippen molar-refractivity contribution in [2.24, 2.45) is 5.92 Å². The molecule has 1 atom stereocenters. The molecule has 2 aliphatic heterocycles. The van der Waals surface area contributed by atoms with Crippen LogP contribution in [0.2, 0.25) is 0 Å². The molecule has 3 amide bonds. The Balaban J connectivity index is 1.59. The first-order valence-corrected chi connectivity index (χ1v) is 9.31. The standard InChI is InChI=1S/C19H25N3O6/c1-11(2)22-10-13(9-16(22)25)19(28)21-5-3-20(4-6-21)18(27)12-7-14(23)17(26)15(24)8-12/h7-8,11,13,23-24,26H,3-6,9-10H2,1-2H3. The van der Waals surface area contributed by atoms with Gasteiger partial charge in [-0.2, -0.15) is 0 Å². The van der Waals surface area contributed by atoms with E-state index in [4.69, 9.17) is 0 Å². The first-order chi connectivity index (χ1) is 13.2. The van der Waals surface area contributed by atoms with Crippen LogP contribution in [0.5, 0.6) is 17.2 Å². The number of likely N-dealkylation sites (tertiary alicyclic amines) is 1. The quantitative estimate of drug-likeness (QED) is 0.639. The highest BCUT2D eigenvalue weighted by molar-refractivity contribution is 5.96. The Morgan fingerprint density at radius 2 is 1.54 bits per heavy atom. The van der Waals surface area contributed by atoms with Crippen molar-refractivity contribution >= 4 is 17.7 Å². The molecule has 3 N–H and O–H groups in total. The molecular formula is C19H25N3O6. The Kier molecular flexibility index (Phi) is 5.35. The summed E-state index contributed by atoms with van der Waals surface area (Å²) in [7, 11) is 0. The molecule has 0 aliphatic carbocycles. The molecule has 0 saturated carbocycles. The molecule has 2 heterocycles. The predicted octanol–water partition coefficient (Wildman–Crippen LogP) is 0.345. The molecule has 2 saturated heterocycles. The van der Waals surface area contributed by atoms with E-state index in [-0.39, 0.29) is 35.8 Å². The lowest BCUT2D eigenvalue weighted by Gasteiger charge is -2.36. The Morgan fingerprint density at radius 1 is 1.00 bits per heavy atom. The number of phenols is 3. The largest absolute Gasteiger partial charge is 0.504 e. The molecule has 0 radical (unpaired) electrons. The normalized spacial score (nSPS) is 20.2. The second kappa shape index (κ2) is 7.57. The van der Waals surface area contributed by atoms with Gasteiger partial charge in [-0.3, -0.25) is 14.4 Å². The number of nitrogens with zero attached hydrogens (tertiary/aromatic N) is 3. The van der Waals surface area contributed by atoms with Crippen LogP contribution in [0.3, 0.4) is 0 Å². The molecule has 0 spiro atoms. The van der Waals surface area contributed by atoms with E-state index in [0.29, 0.717) is 32.7 Å². The van der Waals surface area contributed by atoms with Crippen LogP contribution in [-0.4, -0.2) is 86.5 Å². The third-order valence-electron chi connectivity index (χ3n) is 5.33. The highest BCUT2D eigenvalue weighted by Gasteiger charge is 2.38. The van der Waals surface area contributed by atoms with Gasteiger partial charge < -0.3 is 30.0 Å². The first-order valence-electron chi connectivity index (χ1n) is 9.31. The minimum atomic E-state index is -0.673. The minimum absolute atomic E-state index is 0.00545. The van der Waals surface area contributed by atoms with Crippen molar-refractivity contribution < 1.29 is 29.7 Å². The summed E-state index contributed by atoms with van der Waals surface area (Å²) in [5.41, 5.74) is 0.0570. The Hall–Kier alpha value is -2.97. The maximum atomic E-state index is 12.7. The molecule has 3 rings (SSSR count). The zero-order valence-electron chi connectivity index (χ0n) is 16.0. The number of amides is 3. The molecule has 28 heavy (non-hydrogen) atoms. The summed E-state index contributed by atoms with van der Waals surface area (Å²) in [5.74, 6) is -2.63. The molecule has 1 aromatic rings. The summed E-state index contributed by atoms with van der Waals surface area (Å²) in [5, 5.41) is 28.6. The number of carbonyl (C=O) groups is 3. The van der Waals surface area contributed by atoms with Crippen LogP contribution < -0.4 is 0 Å². The lowest BCUT2D eigenvalue weighted by molar-refractivity contribution is -0.137. The number of benzene rings is 1. The molecule has 1 aromatic carbocycles. The zero-order chi connectivity index (χ0) is 20.6. The summed E-state index contributed by atoms with van der Waals surface area (Å²) >= 11 is 0. The number of hydrogen-bond donors (Lipinski definition) is 3. The molecule has 9 heteroatoms. The van der Waals surface area contributed by atoms with Crippen molar-refractivity contribution in [2.75, 3.05) is 32.7 Å². The van der Waals surface area contributed by atoms with Crippen molar-refractivity contribution in [1.29, 1.82) is 0 Å². The van der Waals surface area contributed by atoms with Crippen molar-refractivity contribution in [1.82, 2.24) is 14.7 Å². The second-order valence-corrected chi connectivity index (χ2v) is 7.52. The van der Waals surface area contributed by atoms with E-state index >= 15 is 0 Å². The van der Waals surface area contributed by atoms with Crippen LogP contribution in [-0.2, 0) is 9.59 Å². The van der Waals surface area contributed by atoms with Gasteiger partial charge in [0.15, 0.2) is 17.2 Å². The van der Waals surface area contributed by atoms with Crippen LogP contribution in [0, 0.1) is 5.92 Å². The van der Waals surface area contributed by atoms with Crippen LogP contribution in [0.25, 0.3) is 0 Å². The van der Waals surface area contributed by atoms with Crippen molar-refractivity contribution in [3.63, 3.8) is 0 Å². The zero-order valence-corrected chi connectivity index (χ0v) is 16.0. The van der Waals surface area contributed by atoms with Gasteiger partial charge in [-0.1, -0.05) is 0 Å². The summed E-state index contributed by atoms with van der Waals surface area (Å²) < 4.78 is 0. The summed E-state index contributed by atoms with van der Waals surface area (Å²) in [6, 6.07) is 2.26. The number of aromatic hydroxyl groups is 3. The van der Waals surface area contributed by atoms with Gasteiger partial charge in [0.05, 0.1) is 5.92 Å². The molecule has 9 nitrogen and oxygen atoms in total. The smallest absolute Gasteiger partial charge is 0.254 e.